The van der Waals surface area contributed by atoms with Gasteiger partial charge in [-0.3, -0.25) is 33.7 Å². The van der Waals surface area contributed by atoms with Crippen molar-refractivity contribution in [1.29, 1.82) is 0 Å². The predicted molar refractivity (Wildman–Crippen MR) is 190 cm³/mol. The van der Waals surface area contributed by atoms with Gasteiger partial charge in [0.1, 0.15) is 18.7 Å². The number of hydrogen-bond donors (Lipinski definition) is 5. The number of amides is 7. The molecule has 18 nitrogen and oxygen atoms in total. The second-order valence-corrected chi connectivity index (χ2v) is 12.1. The Bertz CT molecular complexity index is 1370. The first-order valence-corrected chi connectivity index (χ1v) is 17.4. The summed E-state index contributed by atoms with van der Waals surface area (Å²) in [5.74, 6) is -2.89. The number of ether oxygens (including phenoxy) is 5. The van der Waals surface area contributed by atoms with E-state index in [2.05, 4.69) is 21.3 Å². The standard InChI is InChI=1S/C35H52N6O12/c1-24(2)32(40-29(43)12-15-49-17-19-51-21-22-52-20-18-50-16-14-41-30(44)10-11-31(41)45)34(47)39-28(5-4-13-37-35(36)48)33(46)38-27-8-6-26(7-9-27)23-53-25(3)42/h6-11,24,28,32H,4-5,12-23H2,1-3H3,(H,38,46)(H,39,47)(H,40,43)(H3,36,37,48)/t28-,32-/m0/s1. The van der Waals surface area contributed by atoms with Crippen LogP contribution in [0.3, 0.4) is 0 Å². The largest absolute Gasteiger partial charge is 0.461 e. The SMILES string of the molecule is CC(=O)OCc1ccc(NC(=O)[C@H](CCCNC(N)=O)NC(=O)[C@@H](NC(=O)CCOCCOCCOCCOCCN2C(=O)C=CC2=O)C(C)C)cc1. The number of carbonyl (C=O) groups is 7. The molecular weight excluding hydrogens is 696 g/mol. The monoisotopic (exact) mass is 748 g/mol. The number of hydrogen-bond acceptors (Lipinski definition) is 12. The maximum absolute atomic E-state index is 13.3. The molecule has 0 bridgehead atoms. The highest BCUT2D eigenvalue weighted by atomic mass is 16.6. The smallest absolute Gasteiger partial charge is 0.312 e. The Morgan fingerprint density at radius 2 is 1.34 bits per heavy atom. The molecule has 0 aliphatic carbocycles. The molecule has 2 atom stereocenters. The Hall–Kier alpha value is -4.91. The molecule has 0 saturated heterocycles. The number of anilines is 1. The van der Waals surface area contributed by atoms with Crippen LogP contribution in [0.4, 0.5) is 10.5 Å². The number of urea groups is 1. The number of imide groups is 1. The number of esters is 1. The molecule has 0 spiro atoms. The maximum atomic E-state index is 13.3. The van der Waals surface area contributed by atoms with Crippen molar-refractivity contribution in [2.75, 3.05) is 71.3 Å². The number of benzene rings is 1. The van der Waals surface area contributed by atoms with Crippen molar-refractivity contribution in [2.24, 2.45) is 11.7 Å². The molecule has 6 N–H and O–H groups in total. The van der Waals surface area contributed by atoms with E-state index in [4.69, 9.17) is 29.4 Å². The predicted octanol–water partition coefficient (Wildman–Crippen LogP) is 0.144. The molecule has 1 aliphatic heterocycles. The Labute approximate surface area is 308 Å². The van der Waals surface area contributed by atoms with Gasteiger partial charge < -0.3 is 50.7 Å². The Kier molecular flexibility index (Phi) is 21.0. The van der Waals surface area contributed by atoms with Gasteiger partial charge in [0.25, 0.3) is 11.8 Å². The molecule has 1 aliphatic rings. The van der Waals surface area contributed by atoms with E-state index in [1.165, 1.54) is 19.1 Å². The van der Waals surface area contributed by atoms with Gasteiger partial charge in [0.05, 0.1) is 59.4 Å². The summed E-state index contributed by atoms with van der Waals surface area (Å²) in [5.41, 5.74) is 6.31. The molecule has 0 radical (unpaired) electrons. The molecule has 18 heteroatoms. The lowest BCUT2D eigenvalue weighted by molar-refractivity contribution is -0.142. The number of nitrogens with zero attached hydrogens (tertiary/aromatic N) is 1. The number of rotatable bonds is 27. The zero-order chi connectivity index (χ0) is 39.0. The Morgan fingerprint density at radius 1 is 0.774 bits per heavy atom. The number of primary amides is 1. The highest BCUT2D eigenvalue weighted by Gasteiger charge is 2.29. The van der Waals surface area contributed by atoms with Gasteiger partial charge in [-0.15, -0.1) is 0 Å². The van der Waals surface area contributed by atoms with E-state index in [0.29, 0.717) is 38.5 Å². The minimum absolute atomic E-state index is 0.00758. The quantitative estimate of drug-likeness (QED) is 0.0459. The zero-order valence-corrected chi connectivity index (χ0v) is 30.5. The van der Waals surface area contributed by atoms with Crippen molar-refractivity contribution in [3.63, 3.8) is 0 Å². The average molecular weight is 749 g/mol. The van der Waals surface area contributed by atoms with Crippen LogP contribution < -0.4 is 27.0 Å². The van der Waals surface area contributed by atoms with E-state index in [0.717, 1.165) is 10.5 Å². The van der Waals surface area contributed by atoms with Gasteiger partial charge >= 0.3 is 12.0 Å². The van der Waals surface area contributed by atoms with Crippen molar-refractivity contribution in [3.8, 4) is 0 Å². The molecule has 53 heavy (non-hydrogen) atoms. The summed E-state index contributed by atoms with van der Waals surface area (Å²) in [5, 5.41) is 10.7. The second kappa shape index (κ2) is 25.1. The van der Waals surface area contributed by atoms with Crippen molar-refractivity contribution < 1.29 is 57.2 Å². The molecule has 2 rings (SSSR count). The summed E-state index contributed by atoms with van der Waals surface area (Å²) >= 11 is 0. The van der Waals surface area contributed by atoms with Crippen LogP contribution in [0.25, 0.3) is 0 Å². The summed E-state index contributed by atoms with van der Waals surface area (Å²) in [6.07, 6.45) is 2.94. The van der Waals surface area contributed by atoms with Crippen LogP contribution in [0, 0.1) is 5.92 Å². The topological polar surface area (TPSA) is 243 Å². The molecule has 1 aromatic carbocycles. The normalized spacial score (nSPS) is 13.5. The molecule has 1 heterocycles. The molecule has 1 aromatic rings. The summed E-state index contributed by atoms with van der Waals surface area (Å²) in [6, 6.07) is 4.00. The van der Waals surface area contributed by atoms with Crippen LogP contribution in [0.2, 0.25) is 0 Å². The van der Waals surface area contributed by atoms with Crippen molar-refractivity contribution in [3.05, 3.63) is 42.0 Å². The van der Waals surface area contributed by atoms with E-state index in [1.807, 2.05) is 0 Å². The van der Waals surface area contributed by atoms with E-state index in [9.17, 15) is 33.6 Å². The van der Waals surface area contributed by atoms with Crippen molar-refractivity contribution in [1.82, 2.24) is 20.9 Å². The molecule has 294 valence electrons. The summed E-state index contributed by atoms with van der Waals surface area (Å²) in [4.78, 5) is 85.4. The fourth-order valence-electron chi connectivity index (χ4n) is 4.66. The molecule has 0 aromatic heterocycles. The minimum atomic E-state index is -0.998. The van der Waals surface area contributed by atoms with Gasteiger partial charge in [-0.2, -0.15) is 0 Å². The number of nitrogens with two attached hydrogens (primary N) is 1. The maximum Gasteiger partial charge on any atom is 0.312 e. The van der Waals surface area contributed by atoms with Crippen LogP contribution in [0.5, 0.6) is 0 Å². The van der Waals surface area contributed by atoms with Gasteiger partial charge in [-0.1, -0.05) is 26.0 Å². The van der Waals surface area contributed by atoms with Gasteiger partial charge in [0.2, 0.25) is 17.7 Å². The molecule has 0 unspecified atom stereocenters. The Balaban J connectivity index is 1.68. The van der Waals surface area contributed by atoms with E-state index >= 15 is 0 Å². The number of nitrogens with one attached hydrogen (secondary N) is 4. The molecular formula is C35H52N6O12. The van der Waals surface area contributed by atoms with Crippen molar-refractivity contribution >= 4 is 47.2 Å². The van der Waals surface area contributed by atoms with Gasteiger partial charge in [-0.25, -0.2) is 4.79 Å². The highest BCUT2D eigenvalue weighted by Crippen LogP contribution is 2.13. The fourth-order valence-corrected chi connectivity index (χ4v) is 4.66. The van der Waals surface area contributed by atoms with Gasteiger partial charge in [-0.05, 0) is 36.5 Å². The average Bonchev–Trinajstić information content (AvgIpc) is 3.43. The lowest BCUT2D eigenvalue weighted by Gasteiger charge is -2.25. The zero-order valence-electron chi connectivity index (χ0n) is 30.5. The lowest BCUT2D eigenvalue weighted by Crippen LogP contribution is -2.54. The summed E-state index contributed by atoms with van der Waals surface area (Å²) in [7, 11) is 0. The third-order valence-electron chi connectivity index (χ3n) is 7.48. The fraction of sp³-hybridized carbons (Fsp3) is 0.571. The van der Waals surface area contributed by atoms with Crippen LogP contribution in [-0.4, -0.2) is 124 Å². The van der Waals surface area contributed by atoms with E-state index in [1.54, 1.807) is 38.1 Å². The summed E-state index contributed by atoms with van der Waals surface area (Å²) in [6.45, 7) is 7.40. The van der Waals surface area contributed by atoms with E-state index in [-0.39, 0.29) is 76.7 Å². The van der Waals surface area contributed by atoms with Crippen LogP contribution in [-0.2, 0) is 59.1 Å². The first kappa shape index (κ1) is 44.3. The first-order valence-electron chi connectivity index (χ1n) is 17.4. The van der Waals surface area contributed by atoms with Crippen LogP contribution in [0.15, 0.2) is 36.4 Å². The van der Waals surface area contributed by atoms with Crippen molar-refractivity contribution in [2.45, 2.75) is 58.7 Å². The van der Waals surface area contributed by atoms with Gasteiger partial charge in [0.15, 0.2) is 0 Å². The van der Waals surface area contributed by atoms with Gasteiger partial charge in [0, 0.05) is 37.7 Å². The third-order valence-corrected chi connectivity index (χ3v) is 7.48. The second-order valence-electron chi connectivity index (χ2n) is 12.1. The minimum Gasteiger partial charge on any atom is -0.461 e. The molecule has 7 amide bonds. The van der Waals surface area contributed by atoms with E-state index < -0.39 is 41.8 Å². The molecule has 0 saturated carbocycles. The first-order chi connectivity index (χ1) is 25.4. The van der Waals surface area contributed by atoms with Crippen LogP contribution >= 0.6 is 0 Å². The number of carbonyl (C=O) groups excluding carboxylic acids is 7. The Morgan fingerprint density at radius 3 is 1.89 bits per heavy atom. The highest BCUT2D eigenvalue weighted by molar-refractivity contribution is 6.12. The lowest BCUT2D eigenvalue weighted by atomic mass is 10.0. The summed E-state index contributed by atoms with van der Waals surface area (Å²) < 4.78 is 26.7. The van der Waals surface area contributed by atoms with Crippen LogP contribution in [0.1, 0.15) is 45.6 Å². The molecule has 0 fully saturated rings. The third kappa shape index (κ3) is 18.9.